The third kappa shape index (κ3) is 2.03. The van der Waals surface area contributed by atoms with Crippen LogP contribution in [0.15, 0.2) is 0 Å². The van der Waals surface area contributed by atoms with Crippen LogP contribution in [0.1, 0.15) is 27.2 Å². The normalized spacial score (nSPS) is 20.8. The van der Waals surface area contributed by atoms with Crippen molar-refractivity contribution in [2.45, 2.75) is 27.2 Å². The van der Waals surface area contributed by atoms with Crippen LogP contribution in [0.2, 0.25) is 0 Å². The quantitative estimate of drug-likeness (QED) is 0.505. The van der Waals surface area contributed by atoms with Crippen molar-refractivity contribution < 1.29 is 19.2 Å². The number of Topliss-reactive ketones (excluding diaryl/α,β-unsaturated/α-hetero) is 2. The van der Waals surface area contributed by atoms with Gasteiger partial charge in [0.05, 0.1) is 11.8 Å². The van der Waals surface area contributed by atoms with Gasteiger partial charge in [-0.15, -0.1) is 0 Å². The van der Waals surface area contributed by atoms with E-state index < -0.39 is 17.7 Å². The minimum atomic E-state index is -0.965. The summed E-state index contributed by atoms with van der Waals surface area (Å²) >= 11 is 0. The van der Waals surface area contributed by atoms with E-state index in [1.54, 1.807) is 6.92 Å². The van der Waals surface area contributed by atoms with Gasteiger partial charge < -0.3 is 0 Å². The van der Waals surface area contributed by atoms with Gasteiger partial charge in [-0.05, 0) is 20.8 Å². The Bertz CT molecular complexity index is 347. The number of imide groups is 1. The molecule has 88 valence electrons. The molecule has 0 unspecified atom stereocenters. The van der Waals surface area contributed by atoms with E-state index in [9.17, 15) is 19.2 Å². The summed E-state index contributed by atoms with van der Waals surface area (Å²) in [6.45, 7) is 4.53. The van der Waals surface area contributed by atoms with Gasteiger partial charge in [0.25, 0.3) is 0 Å². The van der Waals surface area contributed by atoms with Crippen LogP contribution in [0.25, 0.3) is 0 Å². The van der Waals surface area contributed by atoms with Crippen molar-refractivity contribution in [3.63, 3.8) is 0 Å². The summed E-state index contributed by atoms with van der Waals surface area (Å²) in [5.41, 5.74) is 0. The van der Waals surface area contributed by atoms with E-state index in [1.807, 2.05) is 0 Å². The number of hydrogen-bond donors (Lipinski definition) is 0. The lowest BCUT2D eigenvalue weighted by Gasteiger charge is -2.16. The molecule has 0 saturated carbocycles. The molecule has 2 amide bonds. The average Bonchev–Trinajstić information content (AvgIpc) is 2.41. The van der Waals surface area contributed by atoms with Gasteiger partial charge in [0.15, 0.2) is 0 Å². The Morgan fingerprint density at radius 2 is 1.81 bits per heavy atom. The number of carbonyl (C=O) groups is 4. The fourth-order valence-electron chi connectivity index (χ4n) is 2.15. The second kappa shape index (κ2) is 4.55. The predicted molar refractivity (Wildman–Crippen MR) is 55.4 cm³/mol. The SMILES string of the molecule is CCN1C(=O)C[C@@H](C(C(C)=O)C(C)=O)C1=O. The highest BCUT2D eigenvalue weighted by Crippen LogP contribution is 2.27. The van der Waals surface area contributed by atoms with E-state index in [1.165, 1.54) is 13.8 Å². The smallest absolute Gasteiger partial charge is 0.233 e. The van der Waals surface area contributed by atoms with Gasteiger partial charge in [0.1, 0.15) is 11.6 Å². The molecule has 1 rings (SSSR count). The number of amides is 2. The molecule has 5 heteroatoms. The van der Waals surface area contributed by atoms with E-state index in [0.29, 0.717) is 0 Å². The highest BCUT2D eigenvalue weighted by molar-refractivity contribution is 6.10. The molecule has 1 aliphatic heterocycles. The van der Waals surface area contributed by atoms with Gasteiger partial charge >= 0.3 is 0 Å². The van der Waals surface area contributed by atoms with Crippen molar-refractivity contribution in [1.29, 1.82) is 0 Å². The van der Waals surface area contributed by atoms with E-state index >= 15 is 0 Å². The summed E-state index contributed by atoms with van der Waals surface area (Å²) in [6.07, 6.45) is -0.0313. The van der Waals surface area contributed by atoms with Crippen LogP contribution >= 0.6 is 0 Å². The van der Waals surface area contributed by atoms with Gasteiger partial charge in [-0.25, -0.2) is 0 Å². The molecule has 0 aromatic heterocycles. The minimum absolute atomic E-state index is 0.0313. The maximum atomic E-state index is 11.8. The van der Waals surface area contributed by atoms with Crippen molar-refractivity contribution in [2.75, 3.05) is 6.54 Å². The zero-order chi connectivity index (χ0) is 12.5. The lowest BCUT2D eigenvalue weighted by molar-refractivity contribution is -0.143. The first-order chi connectivity index (χ1) is 7.40. The van der Waals surface area contributed by atoms with Crippen LogP contribution in [-0.4, -0.2) is 34.8 Å². The molecule has 16 heavy (non-hydrogen) atoms. The Morgan fingerprint density at radius 1 is 1.31 bits per heavy atom. The summed E-state index contributed by atoms with van der Waals surface area (Å²) in [6, 6.07) is 0. The van der Waals surface area contributed by atoms with Crippen molar-refractivity contribution in [2.24, 2.45) is 11.8 Å². The highest BCUT2D eigenvalue weighted by Gasteiger charge is 2.45. The first-order valence-corrected chi connectivity index (χ1v) is 5.25. The highest BCUT2D eigenvalue weighted by atomic mass is 16.2. The van der Waals surface area contributed by atoms with Crippen LogP contribution in [0, 0.1) is 11.8 Å². The summed E-state index contributed by atoms with van der Waals surface area (Å²) in [7, 11) is 0. The van der Waals surface area contributed by atoms with Crippen molar-refractivity contribution in [1.82, 2.24) is 4.90 Å². The topological polar surface area (TPSA) is 71.5 Å². The molecule has 1 atom stereocenters. The molecule has 0 N–H and O–H groups in total. The number of ketones is 2. The van der Waals surface area contributed by atoms with Crippen LogP contribution in [0.3, 0.4) is 0 Å². The van der Waals surface area contributed by atoms with Crippen molar-refractivity contribution in [3.8, 4) is 0 Å². The maximum absolute atomic E-state index is 11.8. The molecule has 0 aromatic rings. The van der Waals surface area contributed by atoms with Gasteiger partial charge in [-0.3, -0.25) is 24.1 Å². The largest absolute Gasteiger partial charge is 0.299 e. The van der Waals surface area contributed by atoms with E-state index in [0.717, 1.165) is 4.90 Å². The van der Waals surface area contributed by atoms with E-state index in [-0.39, 0.29) is 30.4 Å². The summed E-state index contributed by atoms with van der Waals surface area (Å²) in [5, 5.41) is 0. The Labute approximate surface area is 93.8 Å². The molecule has 0 bridgehead atoms. The third-order valence-corrected chi connectivity index (χ3v) is 2.87. The Hall–Kier alpha value is -1.52. The number of likely N-dealkylation sites (tertiary alicyclic amines) is 1. The van der Waals surface area contributed by atoms with Crippen LogP contribution in [0.4, 0.5) is 0 Å². The first-order valence-electron chi connectivity index (χ1n) is 5.25. The van der Waals surface area contributed by atoms with Crippen LogP contribution < -0.4 is 0 Å². The molecule has 1 fully saturated rings. The lowest BCUT2D eigenvalue weighted by Crippen LogP contribution is -2.36. The van der Waals surface area contributed by atoms with E-state index in [2.05, 4.69) is 0 Å². The Morgan fingerprint density at radius 3 is 2.12 bits per heavy atom. The van der Waals surface area contributed by atoms with Gasteiger partial charge in [-0.2, -0.15) is 0 Å². The lowest BCUT2D eigenvalue weighted by atomic mass is 9.85. The second-order valence-corrected chi connectivity index (χ2v) is 3.99. The molecule has 0 spiro atoms. The molecular formula is C11H15NO4. The molecular weight excluding hydrogens is 210 g/mol. The average molecular weight is 225 g/mol. The number of hydrogen-bond acceptors (Lipinski definition) is 4. The van der Waals surface area contributed by atoms with Crippen LogP contribution in [-0.2, 0) is 19.2 Å². The Kier molecular flexibility index (Phi) is 3.57. The van der Waals surface area contributed by atoms with Gasteiger partial charge in [0.2, 0.25) is 11.8 Å². The monoisotopic (exact) mass is 225 g/mol. The summed E-state index contributed by atoms with van der Waals surface area (Å²) in [4.78, 5) is 47.0. The van der Waals surface area contributed by atoms with E-state index in [4.69, 9.17) is 0 Å². The predicted octanol–water partition coefficient (Wildman–Crippen LogP) is 0.176. The minimum Gasteiger partial charge on any atom is -0.299 e. The van der Waals surface area contributed by atoms with Crippen molar-refractivity contribution >= 4 is 23.4 Å². The molecule has 0 aromatic carbocycles. The summed E-state index contributed by atoms with van der Waals surface area (Å²) in [5.74, 6) is -3.16. The molecule has 5 nitrogen and oxygen atoms in total. The van der Waals surface area contributed by atoms with Crippen molar-refractivity contribution in [3.05, 3.63) is 0 Å². The number of rotatable bonds is 4. The standard InChI is InChI=1S/C11H15NO4/c1-4-12-9(15)5-8(11(12)16)10(6(2)13)7(3)14/h8,10H,4-5H2,1-3H3/t8-/m0/s1. The molecule has 1 heterocycles. The third-order valence-electron chi connectivity index (χ3n) is 2.87. The van der Waals surface area contributed by atoms with Gasteiger partial charge in [0, 0.05) is 13.0 Å². The van der Waals surface area contributed by atoms with Crippen LogP contribution in [0.5, 0.6) is 0 Å². The zero-order valence-corrected chi connectivity index (χ0v) is 9.65. The second-order valence-electron chi connectivity index (χ2n) is 3.99. The summed E-state index contributed by atoms with van der Waals surface area (Å²) < 4.78 is 0. The number of carbonyl (C=O) groups excluding carboxylic acids is 4. The molecule has 0 radical (unpaired) electrons. The first kappa shape index (κ1) is 12.5. The zero-order valence-electron chi connectivity index (χ0n) is 9.65. The molecule has 0 aliphatic carbocycles. The maximum Gasteiger partial charge on any atom is 0.233 e. The molecule has 1 aliphatic rings. The Balaban J connectivity index is 2.98. The fraction of sp³-hybridized carbons (Fsp3) is 0.636. The van der Waals surface area contributed by atoms with Gasteiger partial charge in [-0.1, -0.05) is 0 Å². The molecule has 1 saturated heterocycles. The fourth-order valence-corrected chi connectivity index (χ4v) is 2.15. The number of nitrogens with zero attached hydrogens (tertiary/aromatic N) is 1.